The Morgan fingerprint density at radius 3 is 2.00 bits per heavy atom. The minimum absolute atomic E-state index is 0.0326. The molecule has 0 fully saturated rings. The Kier molecular flexibility index (Phi) is 3.63. The van der Waals surface area contributed by atoms with E-state index < -0.39 is 5.97 Å². The minimum Gasteiger partial charge on any atom is -0.481 e. The van der Waals surface area contributed by atoms with Gasteiger partial charge in [0, 0.05) is 0 Å². The van der Waals surface area contributed by atoms with Crippen LogP contribution >= 0.6 is 0 Å². The van der Waals surface area contributed by atoms with E-state index in [2.05, 4.69) is 0 Å². The highest BCUT2D eigenvalue weighted by atomic mass is 16.5. The zero-order valence-electron chi connectivity index (χ0n) is 10.1. The Morgan fingerprint density at radius 1 is 1.00 bits per heavy atom. The minimum atomic E-state index is -0.831. The van der Waals surface area contributed by atoms with E-state index in [0.717, 1.165) is 11.3 Å². The van der Waals surface area contributed by atoms with E-state index in [1.54, 1.807) is 24.3 Å². The van der Waals surface area contributed by atoms with Crippen molar-refractivity contribution in [2.75, 3.05) is 0 Å². The van der Waals surface area contributed by atoms with Crippen LogP contribution in [0, 0.1) is 6.92 Å². The lowest BCUT2D eigenvalue weighted by molar-refractivity contribution is -0.136. The number of ether oxygens (including phenoxy) is 1. The van der Waals surface area contributed by atoms with Gasteiger partial charge in [0.05, 0.1) is 6.42 Å². The molecule has 0 heterocycles. The van der Waals surface area contributed by atoms with Crippen LogP contribution in [0.15, 0.2) is 48.5 Å². The van der Waals surface area contributed by atoms with Gasteiger partial charge in [0.25, 0.3) is 0 Å². The third kappa shape index (κ3) is 3.35. The van der Waals surface area contributed by atoms with Gasteiger partial charge in [0.1, 0.15) is 11.5 Å². The number of carbonyl (C=O) groups is 1. The van der Waals surface area contributed by atoms with Crippen LogP contribution in [0.1, 0.15) is 11.1 Å². The first-order valence-corrected chi connectivity index (χ1v) is 5.69. The molecule has 92 valence electrons. The average molecular weight is 242 g/mol. The molecule has 3 nitrogen and oxygen atoms in total. The van der Waals surface area contributed by atoms with Crippen LogP contribution in [-0.4, -0.2) is 11.1 Å². The van der Waals surface area contributed by atoms with Crippen LogP contribution in [0.2, 0.25) is 0 Å². The Hall–Kier alpha value is -2.29. The molecule has 0 aromatic heterocycles. The van der Waals surface area contributed by atoms with Crippen molar-refractivity contribution in [3.63, 3.8) is 0 Å². The summed E-state index contributed by atoms with van der Waals surface area (Å²) in [6.07, 6.45) is 0.0326. The van der Waals surface area contributed by atoms with Gasteiger partial charge < -0.3 is 9.84 Å². The van der Waals surface area contributed by atoms with Crippen molar-refractivity contribution in [2.24, 2.45) is 0 Å². The van der Waals surface area contributed by atoms with Crippen molar-refractivity contribution in [3.05, 3.63) is 59.7 Å². The number of benzene rings is 2. The smallest absolute Gasteiger partial charge is 0.307 e. The van der Waals surface area contributed by atoms with Crippen molar-refractivity contribution >= 4 is 5.97 Å². The first kappa shape index (κ1) is 12.2. The lowest BCUT2D eigenvalue weighted by Gasteiger charge is -2.06. The van der Waals surface area contributed by atoms with Gasteiger partial charge in [-0.25, -0.2) is 0 Å². The van der Waals surface area contributed by atoms with E-state index >= 15 is 0 Å². The number of hydrogen-bond acceptors (Lipinski definition) is 2. The standard InChI is InChI=1S/C15H14O3/c1-11-2-6-13(7-3-11)18-14-8-4-12(5-9-14)10-15(16)17/h2-9H,10H2,1H3,(H,16,17). The second-order valence-electron chi connectivity index (χ2n) is 4.13. The topological polar surface area (TPSA) is 46.5 Å². The zero-order chi connectivity index (χ0) is 13.0. The van der Waals surface area contributed by atoms with Crippen molar-refractivity contribution in [3.8, 4) is 11.5 Å². The van der Waals surface area contributed by atoms with Crippen LogP contribution in [0.5, 0.6) is 11.5 Å². The van der Waals surface area contributed by atoms with Crippen LogP contribution in [0.4, 0.5) is 0 Å². The SMILES string of the molecule is Cc1ccc(Oc2ccc(CC(=O)O)cc2)cc1. The van der Waals surface area contributed by atoms with Crippen LogP contribution < -0.4 is 4.74 Å². The third-order valence-corrected chi connectivity index (χ3v) is 2.54. The Balaban J connectivity index is 2.06. The van der Waals surface area contributed by atoms with E-state index in [1.165, 1.54) is 5.56 Å². The molecule has 0 bridgehead atoms. The average Bonchev–Trinajstić information content (AvgIpc) is 2.34. The fraction of sp³-hybridized carbons (Fsp3) is 0.133. The summed E-state index contributed by atoms with van der Waals surface area (Å²) >= 11 is 0. The molecule has 0 unspecified atom stereocenters. The molecule has 3 heteroatoms. The summed E-state index contributed by atoms with van der Waals surface area (Å²) < 4.78 is 5.65. The van der Waals surface area contributed by atoms with E-state index in [1.807, 2.05) is 31.2 Å². The quantitative estimate of drug-likeness (QED) is 0.893. The summed E-state index contributed by atoms with van der Waals surface area (Å²) in [5.74, 6) is 0.641. The third-order valence-electron chi connectivity index (χ3n) is 2.54. The summed E-state index contributed by atoms with van der Waals surface area (Å²) in [4.78, 5) is 10.5. The molecule has 0 amide bonds. The fourth-order valence-corrected chi connectivity index (χ4v) is 1.59. The highest BCUT2D eigenvalue weighted by Gasteiger charge is 2.01. The van der Waals surface area contributed by atoms with E-state index in [-0.39, 0.29) is 6.42 Å². The van der Waals surface area contributed by atoms with E-state index in [4.69, 9.17) is 9.84 Å². The number of aliphatic carboxylic acids is 1. The molecular formula is C15H14O3. The highest BCUT2D eigenvalue weighted by molar-refractivity contribution is 5.70. The maximum Gasteiger partial charge on any atom is 0.307 e. The Morgan fingerprint density at radius 2 is 1.50 bits per heavy atom. The van der Waals surface area contributed by atoms with Crippen LogP contribution in [-0.2, 0) is 11.2 Å². The second kappa shape index (κ2) is 5.36. The molecule has 2 aromatic rings. The van der Waals surface area contributed by atoms with E-state index in [0.29, 0.717) is 5.75 Å². The van der Waals surface area contributed by atoms with Gasteiger partial charge in [0.15, 0.2) is 0 Å². The molecule has 18 heavy (non-hydrogen) atoms. The molecule has 0 saturated carbocycles. The highest BCUT2D eigenvalue weighted by Crippen LogP contribution is 2.22. The van der Waals surface area contributed by atoms with Crippen molar-refractivity contribution < 1.29 is 14.6 Å². The summed E-state index contributed by atoms with van der Waals surface area (Å²) in [5.41, 5.74) is 1.94. The number of rotatable bonds is 4. The van der Waals surface area contributed by atoms with Gasteiger partial charge in [-0.3, -0.25) is 4.79 Å². The predicted octanol–water partition coefficient (Wildman–Crippen LogP) is 3.41. The molecule has 0 spiro atoms. The second-order valence-corrected chi connectivity index (χ2v) is 4.13. The maximum atomic E-state index is 10.5. The lowest BCUT2D eigenvalue weighted by Crippen LogP contribution is -1.99. The Labute approximate surface area is 106 Å². The first-order chi connectivity index (χ1) is 8.63. The molecular weight excluding hydrogens is 228 g/mol. The predicted molar refractivity (Wildman–Crippen MR) is 69.0 cm³/mol. The molecule has 0 aliphatic heterocycles. The number of carboxylic acid groups (broad SMARTS) is 1. The summed E-state index contributed by atoms with van der Waals surface area (Å²) in [5, 5.41) is 8.67. The molecule has 0 radical (unpaired) electrons. The number of carboxylic acids is 1. The van der Waals surface area contributed by atoms with Crippen molar-refractivity contribution in [1.82, 2.24) is 0 Å². The monoisotopic (exact) mass is 242 g/mol. The zero-order valence-corrected chi connectivity index (χ0v) is 10.1. The van der Waals surface area contributed by atoms with Crippen molar-refractivity contribution in [2.45, 2.75) is 13.3 Å². The van der Waals surface area contributed by atoms with Gasteiger partial charge in [-0.1, -0.05) is 29.8 Å². The van der Waals surface area contributed by atoms with E-state index in [9.17, 15) is 4.79 Å². The van der Waals surface area contributed by atoms with Gasteiger partial charge >= 0.3 is 5.97 Å². The Bertz CT molecular complexity index is 527. The van der Waals surface area contributed by atoms with Gasteiger partial charge in [-0.05, 0) is 36.8 Å². The largest absolute Gasteiger partial charge is 0.481 e. The normalized spacial score (nSPS) is 10.1. The molecule has 0 aliphatic carbocycles. The molecule has 2 aromatic carbocycles. The summed E-state index contributed by atoms with van der Waals surface area (Å²) in [7, 11) is 0. The van der Waals surface area contributed by atoms with Gasteiger partial charge in [0.2, 0.25) is 0 Å². The summed E-state index contributed by atoms with van der Waals surface area (Å²) in [6.45, 7) is 2.02. The summed E-state index contributed by atoms with van der Waals surface area (Å²) in [6, 6.07) is 14.8. The molecule has 0 aliphatic rings. The van der Waals surface area contributed by atoms with Crippen LogP contribution in [0.25, 0.3) is 0 Å². The van der Waals surface area contributed by atoms with Gasteiger partial charge in [-0.15, -0.1) is 0 Å². The number of hydrogen-bond donors (Lipinski definition) is 1. The first-order valence-electron chi connectivity index (χ1n) is 5.69. The molecule has 0 atom stereocenters. The fourth-order valence-electron chi connectivity index (χ4n) is 1.59. The van der Waals surface area contributed by atoms with Crippen molar-refractivity contribution in [1.29, 1.82) is 0 Å². The molecule has 2 rings (SSSR count). The van der Waals surface area contributed by atoms with Gasteiger partial charge in [-0.2, -0.15) is 0 Å². The molecule has 0 saturated heterocycles. The maximum absolute atomic E-state index is 10.5. The van der Waals surface area contributed by atoms with Crippen LogP contribution in [0.3, 0.4) is 0 Å². The lowest BCUT2D eigenvalue weighted by atomic mass is 10.1. The number of aryl methyl sites for hydroxylation is 1. The molecule has 1 N–H and O–H groups in total.